The summed E-state index contributed by atoms with van der Waals surface area (Å²) in [6, 6.07) is 7.54. The fraction of sp³-hybridized carbons (Fsp3) is 0.312. The van der Waals surface area contributed by atoms with E-state index in [-0.39, 0.29) is 5.38 Å². The van der Waals surface area contributed by atoms with Crippen molar-refractivity contribution in [1.82, 2.24) is 4.98 Å². The van der Waals surface area contributed by atoms with E-state index in [1.165, 1.54) is 0 Å². The highest BCUT2D eigenvalue weighted by Crippen LogP contribution is 2.40. The summed E-state index contributed by atoms with van der Waals surface area (Å²) in [5.74, 6) is 1.93. The van der Waals surface area contributed by atoms with Crippen LogP contribution in [-0.4, -0.2) is 26.3 Å². The predicted octanol–water partition coefficient (Wildman–Crippen LogP) is 3.63. The summed E-state index contributed by atoms with van der Waals surface area (Å²) in [5, 5.41) is -0.234. The molecule has 0 N–H and O–H groups in total. The van der Waals surface area contributed by atoms with E-state index < -0.39 is 0 Å². The minimum atomic E-state index is -0.234. The Morgan fingerprint density at radius 2 is 1.52 bits per heavy atom. The summed E-state index contributed by atoms with van der Waals surface area (Å²) in [6.07, 6.45) is 4.19. The van der Waals surface area contributed by atoms with Crippen molar-refractivity contribution in [3.63, 3.8) is 0 Å². The van der Waals surface area contributed by atoms with Crippen LogP contribution in [0.1, 0.15) is 16.5 Å². The van der Waals surface area contributed by atoms with E-state index >= 15 is 0 Å². The average molecular weight is 308 g/mol. The largest absolute Gasteiger partial charge is 0.496 e. The topological polar surface area (TPSA) is 40.6 Å². The quantitative estimate of drug-likeness (QED) is 0.764. The molecule has 21 heavy (non-hydrogen) atoms. The van der Waals surface area contributed by atoms with Gasteiger partial charge in [0, 0.05) is 24.0 Å². The van der Waals surface area contributed by atoms with Gasteiger partial charge in [-0.05, 0) is 30.2 Å². The molecule has 1 aromatic carbocycles. The number of pyridine rings is 1. The lowest BCUT2D eigenvalue weighted by Crippen LogP contribution is -2.01. The molecule has 0 bridgehead atoms. The lowest BCUT2D eigenvalue weighted by molar-refractivity contribution is 0.347. The number of hydrogen-bond donors (Lipinski definition) is 0. The van der Waals surface area contributed by atoms with Gasteiger partial charge in [-0.15, -0.1) is 11.6 Å². The summed E-state index contributed by atoms with van der Waals surface area (Å²) in [4.78, 5) is 4.00. The van der Waals surface area contributed by atoms with E-state index in [9.17, 15) is 0 Å². The highest BCUT2D eigenvalue weighted by atomic mass is 35.5. The molecule has 1 atom stereocenters. The van der Waals surface area contributed by atoms with Crippen LogP contribution in [0.4, 0.5) is 0 Å². The van der Waals surface area contributed by atoms with Gasteiger partial charge >= 0.3 is 0 Å². The zero-order valence-electron chi connectivity index (χ0n) is 12.3. The molecule has 1 unspecified atom stereocenters. The number of alkyl halides is 1. The van der Waals surface area contributed by atoms with E-state index in [2.05, 4.69) is 4.98 Å². The zero-order valence-corrected chi connectivity index (χ0v) is 13.1. The van der Waals surface area contributed by atoms with Crippen molar-refractivity contribution in [2.45, 2.75) is 11.8 Å². The molecular formula is C16H18ClNO3. The fourth-order valence-electron chi connectivity index (χ4n) is 2.13. The van der Waals surface area contributed by atoms with Gasteiger partial charge in [0.25, 0.3) is 0 Å². The van der Waals surface area contributed by atoms with Gasteiger partial charge in [-0.3, -0.25) is 4.98 Å². The molecule has 1 aromatic heterocycles. The first-order valence-electron chi connectivity index (χ1n) is 6.52. The molecule has 0 fully saturated rings. The maximum atomic E-state index is 6.55. The van der Waals surface area contributed by atoms with Crippen molar-refractivity contribution < 1.29 is 14.2 Å². The summed E-state index contributed by atoms with van der Waals surface area (Å²) < 4.78 is 16.0. The zero-order chi connectivity index (χ0) is 15.2. The second kappa shape index (κ2) is 7.18. The highest BCUT2D eigenvalue weighted by molar-refractivity contribution is 6.21. The molecular weight excluding hydrogens is 290 g/mol. The summed E-state index contributed by atoms with van der Waals surface area (Å²) >= 11 is 6.55. The third kappa shape index (κ3) is 3.58. The molecule has 0 aliphatic heterocycles. The number of methoxy groups -OCH3 is 3. The van der Waals surface area contributed by atoms with E-state index in [1.54, 1.807) is 39.8 Å². The second-order valence-electron chi connectivity index (χ2n) is 4.48. The van der Waals surface area contributed by atoms with Crippen LogP contribution in [0.2, 0.25) is 0 Å². The number of rotatable bonds is 6. The molecule has 2 rings (SSSR count). The van der Waals surface area contributed by atoms with Crippen molar-refractivity contribution >= 4 is 11.6 Å². The van der Waals surface area contributed by atoms with Gasteiger partial charge in [-0.1, -0.05) is 0 Å². The molecule has 0 aliphatic carbocycles. The first-order chi connectivity index (χ1) is 10.2. The van der Waals surface area contributed by atoms with Gasteiger partial charge in [0.1, 0.15) is 5.75 Å². The Morgan fingerprint density at radius 3 is 2.10 bits per heavy atom. The molecule has 112 valence electrons. The van der Waals surface area contributed by atoms with E-state index in [1.807, 2.05) is 18.2 Å². The molecule has 5 heteroatoms. The minimum Gasteiger partial charge on any atom is -0.496 e. The predicted molar refractivity (Wildman–Crippen MR) is 82.6 cm³/mol. The highest BCUT2D eigenvalue weighted by Gasteiger charge is 2.18. The minimum absolute atomic E-state index is 0.234. The Morgan fingerprint density at radius 1 is 0.952 bits per heavy atom. The van der Waals surface area contributed by atoms with E-state index in [0.29, 0.717) is 23.7 Å². The van der Waals surface area contributed by atoms with Crippen LogP contribution in [0.15, 0.2) is 36.7 Å². The number of hydrogen-bond acceptors (Lipinski definition) is 4. The van der Waals surface area contributed by atoms with Crippen LogP contribution in [-0.2, 0) is 6.42 Å². The smallest absolute Gasteiger partial charge is 0.164 e. The van der Waals surface area contributed by atoms with Crippen LogP contribution < -0.4 is 14.2 Å². The Bertz CT molecular complexity index is 590. The van der Waals surface area contributed by atoms with Crippen molar-refractivity contribution in [2.75, 3.05) is 21.3 Å². The molecule has 1 heterocycles. The third-order valence-electron chi connectivity index (χ3n) is 3.24. The average Bonchev–Trinajstić information content (AvgIpc) is 2.54. The molecule has 4 nitrogen and oxygen atoms in total. The molecule has 0 saturated carbocycles. The lowest BCUT2D eigenvalue weighted by atomic mass is 10.0. The van der Waals surface area contributed by atoms with Crippen molar-refractivity contribution in [2.24, 2.45) is 0 Å². The maximum absolute atomic E-state index is 6.55. The normalized spacial score (nSPS) is 11.8. The molecule has 0 amide bonds. The Balaban J connectivity index is 2.33. The second-order valence-corrected chi connectivity index (χ2v) is 5.00. The van der Waals surface area contributed by atoms with Gasteiger partial charge in [-0.25, -0.2) is 0 Å². The summed E-state index contributed by atoms with van der Waals surface area (Å²) in [6.45, 7) is 0. The van der Waals surface area contributed by atoms with Crippen molar-refractivity contribution in [3.8, 4) is 17.2 Å². The molecule has 0 spiro atoms. The van der Waals surface area contributed by atoms with E-state index in [4.69, 9.17) is 25.8 Å². The molecule has 0 radical (unpaired) electrons. The fourth-order valence-corrected chi connectivity index (χ4v) is 2.48. The number of benzene rings is 1. The van der Waals surface area contributed by atoms with Gasteiger partial charge in [0.05, 0.1) is 26.7 Å². The number of ether oxygens (including phenoxy) is 3. The first kappa shape index (κ1) is 15.4. The van der Waals surface area contributed by atoms with Gasteiger partial charge in [-0.2, -0.15) is 0 Å². The van der Waals surface area contributed by atoms with Crippen molar-refractivity contribution in [1.29, 1.82) is 0 Å². The monoisotopic (exact) mass is 307 g/mol. The van der Waals surface area contributed by atoms with Crippen LogP contribution in [0.25, 0.3) is 0 Å². The third-order valence-corrected chi connectivity index (χ3v) is 3.63. The van der Waals surface area contributed by atoms with Crippen molar-refractivity contribution in [3.05, 3.63) is 47.8 Å². The Kier molecular flexibility index (Phi) is 5.28. The van der Waals surface area contributed by atoms with E-state index in [0.717, 1.165) is 11.1 Å². The standard InChI is InChI=1S/C16H18ClNO3/c1-19-14-10-16(21-3)15(20-2)9-12(14)13(17)8-11-4-6-18-7-5-11/h4-7,9-10,13H,8H2,1-3H3. The van der Waals surface area contributed by atoms with Crippen LogP contribution in [0.5, 0.6) is 17.2 Å². The Labute approximate surface area is 129 Å². The van der Waals surface area contributed by atoms with Gasteiger partial charge < -0.3 is 14.2 Å². The first-order valence-corrected chi connectivity index (χ1v) is 6.96. The maximum Gasteiger partial charge on any atom is 0.164 e. The molecule has 0 aliphatic rings. The summed E-state index contributed by atoms with van der Waals surface area (Å²) in [7, 11) is 4.80. The Hall–Kier alpha value is -1.94. The number of nitrogens with zero attached hydrogens (tertiary/aromatic N) is 1. The lowest BCUT2D eigenvalue weighted by Gasteiger charge is -2.17. The van der Waals surface area contributed by atoms with Crippen LogP contribution in [0, 0.1) is 0 Å². The molecule has 2 aromatic rings. The van der Waals surface area contributed by atoms with Gasteiger partial charge in [0.2, 0.25) is 0 Å². The SMILES string of the molecule is COc1cc(OC)c(C(Cl)Cc2ccncc2)cc1OC. The van der Waals surface area contributed by atoms with Gasteiger partial charge in [0.15, 0.2) is 11.5 Å². The summed E-state index contributed by atoms with van der Waals surface area (Å²) in [5.41, 5.74) is 1.98. The number of aromatic nitrogens is 1. The van der Waals surface area contributed by atoms with Crippen LogP contribution >= 0.6 is 11.6 Å². The van der Waals surface area contributed by atoms with Crippen LogP contribution in [0.3, 0.4) is 0 Å². The molecule has 0 saturated heterocycles. The number of halogens is 1.